The van der Waals surface area contributed by atoms with Crippen LogP contribution in [0.3, 0.4) is 0 Å². The van der Waals surface area contributed by atoms with Crippen LogP contribution in [0.15, 0.2) is 47.8 Å². The number of nitrogens with zero attached hydrogens (tertiary/aromatic N) is 2. The minimum absolute atomic E-state index is 0.00642. The molecular weight excluding hydrogens is 404 g/mol. The van der Waals surface area contributed by atoms with Gasteiger partial charge in [-0.2, -0.15) is 0 Å². The van der Waals surface area contributed by atoms with Gasteiger partial charge in [0.15, 0.2) is 5.13 Å². The first-order chi connectivity index (χ1) is 14.3. The molecule has 154 valence electrons. The minimum atomic E-state index is -0.578. The van der Waals surface area contributed by atoms with Crippen molar-refractivity contribution in [2.75, 3.05) is 5.32 Å². The molecule has 0 fully saturated rings. The van der Waals surface area contributed by atoms with Gasteiger partial charge in [-0.05, 0) is 25.5 Å². The molecule has 0 radical (unpaired) electrons. The molecular formula is C21H20N4O4S. The third-order valence-electron chi connectivity index (χ3n) is 4.52. The number of hydrogen-bond acceptors (Lipinski definition) is 6. The molecule has 1 heterocycles. The van der Waals surface area contributed by atoms with E-state index in [1.165, 1.54) is 24.3 Å². The zero-order chi connectivity index (χ0) is 21.8. The second-order valence-electron chi connectivity index (χ2n) is 6.76. The van der Waals surface area contributed by atoms with Crippen molar-refractivity contribution < 1.29 is 14.5 Å². The number of benzene rings is 2. The van der Waals surface area contributed by atoms with Gasteiger partial charge in [-0.25, -0.2) is 4.98 Å². The van der Waals surface area contributed by atoms with Crippen LogP contribution in [0.1, 0.15) is 41.4 Å². The number of aromatic nitrogens is 1. The van der Waals surface area contributed by atoms with Gasteiger partial charge >= 0.3 is 0 Å². The first-order valence-corrected chi connectivity index (χ1v) is 10.0. The highest BCUT2D eigenvalue weighted by atomic mass is 32.1. The number of anilines is 1. The molecule has 0 aliphatic rings. The number of nitro groups is 1. The van der Waals surface area contributed by atoms with E-state index in [-0.39, 0.29) is 23.2 Å². The number of rotatable bonds is 6. The quantitative estimate of drug-likeness (QED) is 0.447. The summed E-state index contributed by atoms with van der Waals surface area (Å²) in [5.41, 5.74) is 2.69. The molecule has 1 aromatic heterocycles. The van der Waals surface area contributed by atoms with Crippen molar-refractivity contribution in [3.05, 3.63) is 74.6 Å². The Kier molecular flexibility index (Phi) is 6.22. The Labute approximate surface area is 177 Å². The van der Waals surface area contributed by atoms with Gasteiger partial charge in [0.25, 0.3) is 11.6 Å². The lowest BCUT2D eigenvalue weighted by atomic mass is 10.1. The molecule has 0 aliphatic heterocycles. The van der Waals surface area contributed by atoms with Crippen molar-refractivity contribution in [3.63, 3.8) is 0 Å². The topological polar surface area (TPSA) is 114 Å². The Morgan fingerprint density at radius 3 is 2.50 bits per heavy atom. The molecule has 8 nitrogen and oxygen atoms in total. The number of amides is 2. The number of thiazole rings is 1. The maximum Gasteiger partial charge on any atom is 0.285 e. The summed E-state index contributed by atoms with van der Waals surface area (Å²) >= 11 is 1.23. The molecule has 0 bridgehead atoms. The Balaban J connectivity index is 1.76. The van der Waals surface area contributed by atoms with E-state index in [4.69, 9.17) is 0 Å². The van der Waals surface area contributed by atoms with E-state index in [1.54, 1.807) is 24.4 Å². The molecule has 2 aromatic carbocycles. The van der Waals surface area contributed by atoms with Gasteiger partial charge in [0, 0.05) is 23.4 Å². The van der Waals surface area contributed by atoms with Gasteiger partial charge in [0.1, 0.15) is 5.56 Å². The average molecular weight is 424 g/mol. The van der Waals surface area contributed by atoms with Crippen LogP contribution in [0.25, 0.3) is 11.3 Å². The molecule has 1 atom stereocenters. The van der Waals surface area contributed by atoms with Gasteiger partial charge in [-0.15, -0.1) is 11.3 Å². The number of nitrogens with one attached hydrogen (secondary N) is 2. The smallest absolute Gasteiger partial charge is 0.285 e. The Morgan fingerprint density at radius 2 is 1.87 bits per heavy atom. The van der Waals surface area contributed by atoms with Crippen LogP contribution in [0.5, 0.6) is 0 Å². The molecule has 9 heteroatoms. The third-order valence-corrected chi connectivity index (χ3v) is 5.27. The molecule has 2 amide bonds. The predicted octanol–water partition coefficient (Wildman–Crippen LogP) is 4.48. The Hall–Kier alpha value is -3.59. The second kappa shape index (κ2) is 8.83. The van der Waals surface area contributed by atoms with E-state index in [0.29, 0.717) is 16.4 Å². The third kappa shape index (κ3) is 4.69. The summed E-state index contributed by atoms with van der Waals surface area (Å²) in [5.74, 6) is -0.675. The summed E-state index contributed by atoms with van der Waals surface area (Å²) in [6, 6.07) is 12.1. The van der Waals surface area contributed by atoms with Crippen LogP contribution < -0.4 is 10.6 Å². The summed E-state index contributed by atoms with van der Waals surface area (Å²) in [6.45, 7) is 4.96. The fraction of sp³-hybridized carbons (Fsp3) is 0.190. The van der Waals surface area contributed by atoms with Crippen LogP contribution >= 0.6 is 11.3 Å². The first-order valence-electron chi connectivity index (χ1n) is 9.14. The van der Waals surface area contributed by atoms with Crippen LogP contribution in [0, 0.1) is 17.0 Å². The summed E-state index contributed by atoms with van der Waals surface area (Å²) in [6.07, 6.45) is 0. The van der Waals surface area contributed by atoms with Crippen LogP contribution in [0.4, 0.5) is 10.8 Å². The van der Waals surface area contributed by atoms with Crippen LogP contribution in [0.2, 0.25) is 0 Å². The molecule has 0 aliphatic carbocycles. The van der Waals surface area contributed by atoms with Crippen molar-refractivity contribution in [2.24, 2.45) is 0 Å². The fourth-order valence-corrected chi connectivity index (χ4v) is 3.76. The lowest BCUT2D eigenvalue weighted by Crippen LogP contribution is -2.23. The van der Waals surface area contributed by atoms with Crippen molar-refractivity contribution in [2.45, 2.75) is 26.8 Å². The van der Waals surface area contributed by atoms with Crippen molar-refractivity contribution in [3.8, 4) is 11.3 Å². The minimum Gasteiger partial charge on any atom is -0.350 e. The lowest BCUT2D eigenvalue weighted by Gasteiger charge is -2.13. The van der Waals surface area contributed by atoms with Gasteiger partial charge < -0.3 is 5.32 Å². The molecule has 30 heavy (non-hydrogen) atoms. The molecule has 2 N–H and O–H groups in total. The zero-order valence-corrected chi connectivity index (χ0v) is 17.4. The SMILES string of the molecule is CC(=O)NC(C)c1ccc(-c2csc(NC(=O)c3cccc(C)c3[N+](=O)[O-])n2)cc1. The van der Waals surface area contributed by atoms with E-state index in [2.05, 4.69) is 15.6 Å². The molecule has 3 aromatic rings. The zero-order valence-electron chi connectivity index (χ0n) is 16.6. The molecule has 1 unspecified atom stereocenters. The highest BCUT2D eigenvalue weighted by Crippen LogP contribution is 2.28. The van der Waals surface area contributed by atoms with Gasteiger partial charge in [0.05, 0.1) is 16.7 Å². The average Bonchev–Trinajstić information content (AvgIpc) is 3.15. The number of hydrogen-bond donors (Lipinski definition) is 2. The number of carbonyl (C=O) groups excluding carboxylic acids is 2. The van der Waals surface area contributed by atoms with Gasteiger partial charge in [-0.3, -0.25) is 25.0 Å². The highest BCUT2D eigenvalue weighted by Gasteiger charge is 2.23. The normalized spacial score (nSPS) is 11.6. The van der Waals surface area contributed by atoms with E-state index >= 15 is 0 Å². The van der Waals surface area contributed by atoms with E-state index < -0.39 is 10.8 Å². The Morgan fingerprint density at radius 1 is 1.17 bits per heavy atom. The molecule has 0 saturated carbocycles. The highest BCUT2D eigenvalue weighted by molar-refractivity contribution is 7.14. The summed E-state index contributed by atoms with van der Waals surface area (Å²) in [4.78, 5) is 38.9. The monoisotopic (exact) mass is 424 g/mol. The van der Waals surface area contributed by atoms with Crippen molar-refractivity contribution >= 4 is 34.0 Å². The van der Waals surface area contributed by atoms with Crippen LogP contribution in [-0.2, 0) is 4.79 Å². The fourth-order valence-electron chi connectivity index (χ4n) is 3.04. The van der Waals surface area contributed by atoms with Gasteiger partial charge in [-0.1, -0.05) is 36.4 Å². The lowest BCUT2D eigenvalue weighted by molar-refractivity contribution is -0.385. The number of nitro benzene ring substituents is 1. The number of carbonyl (C=O) groups is 2. The van der Waals surface area contributed by atoms with E-state index in [0.717, 1.165) is 11.1 Å². The first kappa shape index (κ1) is 21.1. The maximum atomic E-state index is 12.6. The Bertz CT molecular complexity index is 1110. The van der Waals surface area contributed by atoms with Crippen molar-refractivity contribution in [1.82, 2.24) is 10.3 Å². The number of para-hydroxylation sites is 1. The largest absolute Gasteiger partial charge is 0.350 e. The predicted molar refractivity (Wildman–Crippen MR) is 116 cm³/mol. The molecule has 0 spiro atoms. The summed E-state index contributed by atoms with van der Waals surface area (Å²) in [5, 5.41) is 18.9. The van der Waals surface area contributed by atoms with E-state index in [1.807, 2.05) is 31.2 Å². The molecule has 3 rings (SSSR count). The standard InChI is InChI=1S/C21H20N4O4S/c1-12-5-4-6-17(19(12)25(28)29)20(27)24-21-23-18(11-30-21)16-9-7-15(8-10-16)13(2)22-14(3)26/h4-11,13H,1-3H3,(H,22,26)(H,23,24,27). The number of aryl methyl sites for hydroxylation is 1. The second-order valence-corrected chi connectivity index (χ2v) is 7.62. The maximum absolute atomic E-state index is 12.6. The summed E-state index contributed by atoms with van der Waals surface area (Å²) < 4.78 is 0. The van der Waals surface area contributed by atoms with Crippen LogP contribution in [-0.4, -0.2) is 21.7 Å². The summed E-state index contributed by atoms with van der Waals surface area (Å²) in [7, 11) is 0. The molecule has 0 saturated heterocycles. The van der Waals surface area contributed by atoms with E-state index in [9.17, 15) is 19.7 Å². The van der Waals surface area contributed by atoms with Gasteiger partial charge in [0.2, 0.25) is 5.91 Å². The van der Waals surface area contributed by atoms with Crippen molar-refractivity contribution in [1.29, 1.82) is 0 Å².